The fourth-order valence-electron chi connectivity index (χ4n) is 2.81. The molecule has 0 saturated heterocycles. The summed E-state index contributed by atoms with van der Waals surface area (Å²) in [6.07, 6.45) is 9.89. The van der Waals surface area contributed by atoms with Crippen LogP contribution in [0.5, 0.6) is 11.5 Å². The number of nitrogens with two attached hydrogens (primary N) is 1. The van der Waals surface area contributed by atoms with E-state index in [1.165, 1.54) is 0 Å². The third-order valence-corrected chi connectivity index (χ3v) is 4.09. The van der Waals surface area contributed by atoms with Gasteiger partial charge in [0.1, 0.15) is 17.5 Å². The second-order valence-corrected chi connectivity index (χ2v) is 6.07. The molecule has 2 rings (SSSR count). The number of phenols is 1. The predicted molar refractivity (Wildman–Crippen MR) is 93.1 cm³/mol. The molecule has 3 N–H and O–H groups in total. The zero-order valence-electron chi connectivity index (χ0n) is 14.2. The molecule has 0 amide bonds. The maximum absolute atomic E-state index is 11.8. The molecular formula is C19H27NO4. The first-order chi connectivity index (χ1) is 11.6. The number of esters is 1. The standard InChI is InChI=1S/C19H27NO4/c1-2-23-19(22)17(20)12-14-10-11-15(21)13-18(14)24-16-8-6-4-3-5-7-9-16/h3-4,10-11,13,16-17,21H,2,5-9,12,20H2,1H3/b4-3+/t16?,17-/m0/s1. The lowest BCUT2D eigenvalue weighted by molar-refractivity contribution is -0.144. The van der Waals surface area contributed by atoms with Gasteiger partial charge in [0, 0.05) is 12.5 Å². The fraction of sp³-hybridized carbons (Fsp3) is 0.526. The molecule has 0 fully saturated rings. The summed E-state index contributed by atoms with van der Waals surface area (Å²) in [5.41, 5.74) is 6.73. The molecule has 1 aliphatic rings. The molecule has 24 heavy (non-hydrogen) atoms. The normalized spacial score (nSPS) is 20.5. The third kappa shape index (κ3) is 5.57. The molecule has 0 spiro atoms. The molecule has 1 aliphatic carbocycles. The van der Waals surface area contributed by atoms with Gasteiger partial charge < -0.3 is 20.3 Å². The smallest absolute Gasteiger partial charge is 0.323 e. The van der Waals surface area contributed by atoms with Crippen LogP contribution < -0.4 is 10.5 Å². The van der Waals surface area contributed by atoms with E-state index in [-0.39, 0.29) is 11.9 Å². The van der Waals surface area contributed by atoms with Gasteiger partial charge >= 0.3 is 5.97 Å². The molecule has 1 aromatic carbocycles. The second kappa shape index (κ2) is 9.33. The van der Waals surface area contributed by atoms with E-state index in [0.29, 0.717) is 18.8 Å². The Morgan fingerprint density at radius 3 is 2.92 bits per heavy atom. The highest BCUT2D eigenvalue weighted by Crippen LogP contribution is 2.28. The molecule has 0 radical (unpaired) electrons. The zero-order valence-corrected chi connectivity index (χ0v) is 14.2. The van der Waals surface area contributed by atoms with Crippen LogP contribution in [-0.4, -0.2) is 29.8 Å². The van der Waals surface area contributed by atoms with E-state index in [9.17, 15) is 9.90 Å². The molecular weight excluding hydrogens is 306 g/mol. The Balaban J connectivity index is 2.09. The summed E-state index contributed by atoms with van der Waals surface area (Å²) in [6.45, 7) is 2.06. The van der Waals surface area contributed by atoms with Crippen molar-refractivity contribution in [1.29, 1.82) is 0 Å². The van der Waals surface area contributed by atoms with Gasteiger partial charge in [-0.25, -0.2) is 0 Å². The molecule has 5 heteroatoms. The van der Waals surface area contributed by atoms with Gasteiger partial charge in [-0.3, -0.25) is 4.79 Å². The number of hydrogen-bond acceptors (Lipinski definition) is 5. The van der Waals surface area contributed by atoms with Crippen LogP contribution in [0, 0.1) is 0 Å². The zero-order chi connectivity index (χ0) is 17.4. The molecule has 5 nitrogen and oxygen atoms in total. The second-order valence-electron chi connectivity index (χ2n) is 6.07. The number of benzene rings is 1. The van der Waals surface area contributed by atoms with Gasteiger partial charge in [-0.2, -0.15) is 0 Å². The Kier molecular flexibility index (Phi) is 7.12. The van der Waals surface area contributed by atoms with E-state index < -0.39 is 12.0 Å². The van der Waals surface area contributed by atoms with Gasteiger partial charge in [0.25, 0.3) is 0 Å². The van der Waals surface area contributed by atoms with Gasteiger partial charge in [-0.15, -0.1) is 0 Å². The van der Waals surface area contributed by atoms with Crippen LogP contribution in [0.2, 0.25) is 0 Å². The Bertz CT molecular complexity index is 570. The molecule has 0 saturated carbocycles. The quantitative estimate of drug-likeness (QED) is 0.617. The molecule has 2 atom stereocenters. The number of aromatic hydroxyl groups is 1. The molecule has 0 aliphatic heterocycles. The summed E-state index contributed by atoms with van der Waals surface area (Å²) in [5, 5.41) is 9.78. The predicted octanol–water partition coefficient (Wildman–Crippen LogP) is 3.09. The van der Waals surface area contributed by atoms with Crippen LogP contribution in [0.4, 0.5) is 0 Å². The number of phenolic OH excluding ortho intramolecular Hbond substituents is 1. The van der Waals surface area contributed by atoms with Crippen molar-refractivity contribution in [2.24, 2.45) is 5.73 Å². The van der Waals surface area contributed by atoms with E-state index >= 15 is 0 Å². The number of carbonyl (C=O) groups is 1. The van der Waals surface area contributed by atoms with Crippen LogP contribution in [0.3, 0.4) is 0 Å². The summed E-state index contributed by atoms with van der Waals surface area (Å²) in [7, 11) is 0. The van der Waals surface area contributed by atoms with E-state index in [0.717, 1.165) is 37.7 Å². The first kappa shape index (κ1) is 18.3. The van der Waals surface area contributed by atoms with Crippen LogP contribution in [0.15, 0.2) is 30.4 Å². The maximum Gasteiger partial charge on any atom is 0.323 e. The van der Waals surface area contributed by atoms with E-state index in [1.807, 2.05) is 0 Å². The van der Waals surface area contributed by atoms with E-state index in [4.69, 9.17) is 15.2 Å². The van der Waals surface area contributed by atoms with E-state index in [2.05, 4.69) is 12.2 Å². The summed E-state index contributed by atoms with van der Waals surface area (Å²) < 4.78 is 11.1. The van der Waals surface area contributed by atoms with Crippen molar-refractivity contribution in [3.8, 4) is 11.5 Å². The minimum atomic E-state index is -0.739. The maximum atomic E-state index is 11.8. The van der Waals surface area contributed by atoms with Gasteiger partial charge in [-0.05, 0) is 50.7 Å². The lowest BCUT2D eigenvalue weighted by atomic mass is 10.0. The largest absolute Gasteiger partial charge is 0.508 e. The Labute approximate surface area is 143 Å². The van der Waals surface area contributed by atoms with Gasteiger partial charge in [0.05, 0.1) is 12.7 Å². The van der Waals surface area contributed by atoms with Crippen molar-refractivity contribution < 1.29 is 19.4 Å². The summed E-state index contributed by atoms with van der Waals surface area (Å²) in [4.78, 5) is 11.8. The summed E-state index contributed by atoms with van der Waals surface area (Å²) in [5.74, 6) is 0.320. The highest BCUT2D eigenvalue weighted by molar-refractivity contribution is 5.76. The first-order valence-electron chi connectivity index (χ1n) is 8.66. The van der Waals surface area contributed by atoms with Crippen molar-refractivity contribution >= 4 is 5.97 Å². The van der Waals surface area contributed by atoms with Crippen LogP contribution in [-0.2, 0) is 16.0 Å². The average Bonchev–Trinajstić information content (AvgIpc) is 2.52. The van der Waals surface area contributed by atoms with Crippen LogP contribution in [0.1, 0.15) is 44.6 Å². The van der Waals surface area contributed by atoms with Crippen molar-refractivity contribution in [3.05, 3.63) is 35.9 Å². The molecule has 132 valence electrons. The topological polar surface area (TPSA) is 81.8 Å². The van der Waals surface area contributed by atoms with Crippen molar-refractivity contribution in [2.75, 3.05) is 6.61 Å². The lowest BCUT2D eigenvalue weighted by Gasteiger charge is -2.22. The number of rotatable bonds is 6. The number of allylic oxidation sites excluding steroid dienone is 2. The minimum absolute atomic E-state index is 0.106. The summed E-state index contributed by atoms with van der Waals surface area (Å²) in [6, 6.07) is 4.20. The Morgan fingerprint density at radius 2 is 2.12 bits per heavy atom. The monoisotopic (exact) mass is 333 g/mol. The molecule has 1 aromatic rings. The minimum Gasteiger partial charge on any atom is -0.508 e. The van der Waals surface area contributed by atoms with Crippen molar-refractivity contribution in [2.45, 2.75) is 57.6 Å². The fourth-order valence-corrected chi connectivity index (χ4v) is 2.81. The summed E-state index contributed by atoms with van der Waals surface area (Å²) >= 11 is 0. The Hall–Kier alpha value is -2.01. The highest BCUT2D eigenvalue weighted by Gasteiger charge is 2.20. The Morgan fingerprint density at radius 1 is 1.33 bits per heavy atom. The van der Waals surface area contributed by atoms with Gasteiger partial charge in [0.15, 0.2) is 0 Å². The molecule has 0 aromatic heterocycles. The third-order valence-electron chi connectivity index (χ3n) is 4.09. The van der Waals surface area contributed by atoms with Crippen molar-refractivity contribution in [1.82, 2.24) is 0 Å². The van der Waals surface area contributed by atoms with Crippen LogP contribution >= 0.6 is 0 Å². The number of ether oxygens (including phenoxy) is 2. The number of carbonyl (C=O) groups excluding carboxylic acids is 1. The molecule has 0 heterocycles. The highest BCUT2D eigenvalue weighted by atomic mass is 16.5. The van der Waals surface area contributed by atoms with Crippen LogP contribution in [0.25, 0.3) is 0 Å². The molecule has 1 unspecified atom stereocenters. The first-order valence-corrected chi connectivity index (χ1v) is 8.66. The number of hydrogen-bond donors (Lipinski definition) is 2. The van der Waals surface area contributed by atoms with Gasteiger partial charge in [-0.1, -0.05) is 18.2 Å². The van der Waals surface area contributed by atoms with E-state index in [1.54, 1.807) is 25.1 Å². The van der Waals surface area contributed by atoms with Crippen molar-refractivity contribution in [3.63, 3.8) is 0 Å². The van der Waals surface area contributed by atoms with Gasteiger partial charge in [0.2, 0.25) is 0 Å². The lowest BCUT2D eigenvalue weighted by Crippen LogP contribution is -2.34. The molecule has 0 bridgehead atoms. The average molecular weight is 333 g/mol. The SMILES string of the molecule is CCOC(=O)[C@@H](N)Cc1ccc(O)cc1OC1CC/C=C/CCC1.